The topological polar surface area (TPSA) is 71.3 Å². The summed E-state index contributed by atoms with van der Waals surface area (Å²) in [7, 11) is 0. The molecule has 0 spiro atoms. The van der Waals surface area contributed by atoms with Crippen molar-refractivity contribution in [3.05, 3.63) is 24.0 Å². The van der Waals surface area contributed by atoms with Crippen molar-refractivity contribution in [2.24, 2.45) is 5.73 Å². The van der Waals surface area contributed by atoms with Gasteiger partial charge in [0.25, 0.3) is 0 Å². The summed E-state index contributed by atoms with van der Waals surface area (Å²) in [6.07, 6.45) is 3.71. The number of nitrogens with one attached hydrogen (secondary N) is 1. The summed E-state index contributed by atoms with van der Waals surface area (Å²) in [5.41, 5.74) is 6.61. The Labute approximate surface area is 88.2 Å². The van der Waals surface area contributed by atoms with E-state index in [4.69, 9.17) is 10.5 Å². The van der Waals surface area contributed by atoms with Crippen LogP contribution >= 0.6 is 0 Å². The molecule has 1 amide bonds. The molecule has 1 aromatic rings. The second-order valence-corrected chi connectivity index (χ2v) is 3.66. The number of nitrogens with two attached hydrogens (primary N) is 1. The minimum absolute atomic E-state index is 0.0263. The molecule has 82 valence electrons. The molecule has 1 aliphatic heterocycles. The smallest absolute Gasteiger partial charge is 0.248 e. The molecule has 0 bridgehead atoms. The fourth-order valence-corrected chi connectivity index (χ4v) is 1.65. The van der Waals surface area contributed by atoms with Gasteiger partial charge in [0.05, 0.1) is 6.10 Å². The molecule has 1 aliphatic rings. The van der Waals surface area contributed by atoms with Crippen LogP contribution in [0.2, 0.25) is 0 Å². The Balaban J connectivity index is 1.97. The molecular weight excluding hydrogens is 194 g/mol. The van der Waals surface area contributed by atoms with Gasteiger partial charge in [0.15, 0.2) is 0 Å². The lowest BCUT2D eigenvalue weighted by molar-refractivity contribution is -0.149. The van der Waals surface area contributed by atoms with Crippen LogP contribution in [-0.2, 0) is 16.1 Å². The Morgan fingerprint density at radius 3 is 3.20 bits per heavy atom. The molecule has 1 aromatic heterocycles. The fraction of sp³-hybridized carbons (Fsp3) is 0.500. The van der Waals surface area contributed by atoms with Crippen molar-refractivity contribution >= 4 is 5.91 Å². The zero-order chi connectivity index (χ0) is 10.7. The predicted octanol–water partition coefficient (Wildman–Crippen LogP) is -0.299. The number of carbonyl (C=O) groups is 1. The minimum Gasteiger partial charge on any atom is -0.367 e. The molecular formula is C10H15N3O2. The Kier molecular flexibility index (Phi) is 3.03. The highest BCUT2D eigenvalue weighted by Gasteiger charge is 2.25. The zero-order valence-corrected chi connectivity index (χ0v) is 8.48. The average molecular weight is 209 g/mol. The summed E-state index contributed by atoms with van der Waals surface area (Å²) in [6, 6.07) is 1.96. The predicted molar refractivity (Wildman–Crippen MR) is 55.0 cm³/mol. The van der Waals surface area contributed by atoms with E-state index in [0.717, 1.165) is 5.56 Å². The van der Waals surface area contributed by atoms with E-state index in [2.05, 4.69) is 4.98 Å². The molecule has 2 heterocycles. The Morgan fingerprint density at radius 1 is 1.67 bits per heavy atom. The Bertz CT molecular complexity index is 323. The van der Waals surface area contributed by atoms with Crippen molar-refractivity contribution in [1.82, 2.24) is 9.88 Å². The molecule has 3 N–H and O–H groups in total. The lowest BCUT2D eigenvalue weighted by Gasteiger charge is -2.31. The van der Waals surface area contributed by atoms with Crippen LogP contribution in [0.3, 0.4) is 0 Å². The van der Waals surface area contributed by atoms with E-state index in [-0.39, 0.29) is 18.6 Å². The second-order valence-electron chi connectivity index (χ2n) is 3.66. The molecule has 2 rings (SSSR count). The summed E-state index contributed by atoms with van der Waals surface area (Å²) < 4.78 is 5.26. The number of ether oxygens (including phenoxy) is 1. The standard InChI is InChI=1S/C10H15N3O2/c11-3-9-6-13(10(14)7-15-9)5-8-1-2-12-4-8/h1-2,4,9,12H,3,5-7,11H2. The van der Waals surface area contributed by atoms with Gasteiger partial charge in [-0.15, -0.1) is 0 Å². The first-order valence-electron chi connectivity index (χ1n) is 5.00. The monoisotopic (exact) mass is 209 g/mol. The number of morpholine rings is 1. The van der Waals surface area contributed by atoms with Crippen LogP contribution in [0.4, 0.5) is 0 Å². The Morgan fingerprint density at radius 2 is 2.53 bits per heavy atom. The van der Waals surface area contributed by atoms with Crippen molar-refractivity contribution in [2.75, 3.05) is 19.7 Å². The first kappa shape index (κ1) is 10.2. The van der Waals surface area contributed by atoms with Gasteiger partial charge >= 0.3 is 0 Å². The summed E-state index contributed by atoms with van der Waals surface area (Å²) in [5.74, 6) is 0.0286. The van der Waals surface area contributed by atoms with E-state index in [1.165, 1.54) is 0 Å². The highest BCUT2D eigenvalue weighted by Crippen LogP contribution is 2.10. The van der Waals surface area contributed by atoms with Crippen LogP contribution in [0.5, 0.6) is 0 Å². The highest BCUT2D eigenvalue weighted by molar-refractivity contribution is 5.78. The van der Waals surface area contributed by atoms with Crippen LogP contribution in [0.1, 0.15) is 5.56 Å². The van der Waals surface area contributed by atoms with Crippen LogP contribution in [0, 0.1) is 0 Å². The first-order valence-corrected chi connectivity index (χ1v) is 5.00. The summed E-state index contributed by atoms with van der Waals surface area (Å²) >= 11 is 0. The van der Waals surface area contributed by atoms with Crippen LogP contribution in [0.15, 0.2) is 18.5 Å². The van der Waals surface area contributed by atoms with Crippen molar-refractivity contribution in [2.45, 2.75) is 12.6 Å². The van der Waals surface area contributed by atoms with Gasteiger partial charge < -0.3 is 20.4 Å². The van der Waals surface area contributed by atoms with Gasteiger partial charge in [0.2, 0.25) is 5.91 Å². The lowest BCUT2D eigenvalue weighted by atomic mass is 10.2. The Hall–Kier alpha value is -1.33. The van der Waals surface area contributed by atoms with Gasteiger partial charge in [-0.1, -0.05) is 0 Å². The van der Waals surface area contributed by atoms with Crippen LogP contribution < -0.4 is 5.73 Å². The van der Waals surface area contributed by atoms with E-state index >= 15 is 0 Å². The van der Waals surface area contributed by atoms with E-state index in [1.54, 1.807) is 4.90 Å². The van der Waals surface area contributed by atoms with E-state index in [9.17, 15) is 4.79 Å². The minimum atomic E-state index is -0.0263. The lowest BCUT2D eigenvalue weighted by Crippen LogP contribution is -2.48. The quantitative estimate of drug-likeness (QED) is 0.718. The largest absolute Gasteiger partial charge is 0.367 e. The highest BCUT2D eigenvalue weighted by atomic mass is 16.5. The van der Waals surface area contributed by atoms with E-state index < -0.39 is 0 Å². The number of amides is 1. The van der Waals surface area contributed by atoms with Crippen molar-refractivity contribution in [3.8, 4) is 0 Å². The number of aromatic amines is 1. The summed E-state index contributed by atoms with van der Waals surface area (Å²) in [4.78, 5) is 16.3. The fourth-order valence-electron chi connectivity index (χ4n) is 1.65. The molecule has 1 saturated heterocycles. The number of hydrogen-bond donors (Lipinski definition) is 2. The van der Waals surface area contributed by atoms with Crippen molar-refractivity contribution in [1.29, 1.82) is 0 Å². The van der Waals surface area contributed by atoms with Gasteiger partial charge in [-0.2, -0.15) is 0 Å². The van der Waals surface area contributed by atoms with Crippen LogP contribution in [-0.4, -0.2) is 41.6 Å². The number of hydrogen-bond acceptors (Lipinski definition) is 3. The summed E-state index contributed by atoms with van der Waals surface area (Å²) in [6.45, 7) is 1.81. The SMILES string of the molecule is NCC1CN(Cc2cc[nH]c2)C(=O)CO1. The number of nitrogens with zero attached hydrogens (tertiary/aromatic N) is 1. The third-order valence-electron chi connectivity index (χ3n) is 2.52. The van der Waals surface area contributed by atoms with Gasteiger partial charge in [-0.25, -0.2) is 0 Å². The number of carbonyl (C=O) groups excluding carboxylic acids is 1. The molecule has 0 radical (unpaired) electrons. The van der Waals surface area contributed by atoms with Gasteiger partial charge in [0, 0.05) is 32.0 Å². The van der Waals surface area contributed by atoms with Crippen molar-refractivity contribution < 1.29 is 9.53 Å². The van der Waals surface area contributed by atoms with Crippen molar-refractivity contribution in [3.63, 3.8) is 0 Å². The van der Waals surface area contributed by atoms with E-state index in [0.29, 0.717) is 19.6 Å². The molecule has 15 heavy (non-hydrogen) atoms. The summed E-state index contributed by atoms with van der Waals surface area (Å²) in [5, 5.41) is 0. The first-order chi connectivity index (χ1) is 7.29. The molecule has 1 atom stereocenters. The van der Waals surface area contributed by atoms with Gasteiger partial charge in [-0.3, -0.25) is 4.79 Å². The zero-order valence-electron chi connectivity index (χ0n) is 8.48. The molecule has 0 aliphatic carbocycles. The molecule has 1 unspecified atom stereocenters. The molecule has 1 fully saturated rings. The maximum Gasteiger partial charge on any atom is 0.248 e. The second kappa shape index (κ2) is 4.46. The molecule has 0 aromatic carbocycles. The maximum absolute atomic E-state index is 11.5. The average Bonchev–Trinajstić information content (AvgIpc) is 2.74. The maximum atomic E-state index is 11.5. The molecule has 0 saturated carbocycles. The molecule has 5 nitrogen and oxygen atoms in total. The third kappa shape index (κ3) is 2.37. The number of aromatic nitrogens is 1. The normalized spacial score (nSPS) is 22.1. The van der Waals surface area contributed by atoms with Gasteiger partial charge in [0.1, 0.15) is 6.61 Å². The van der Waals surface area contributed by atoms with Crippen LogP contribution in [0.25, 0.3) is 0 Å². The van der Waals surface area contributed by atoms with Gasteiger partial charge in [-0.05, 0) is 11.6 Å². The number of H-pyrrole nitrogens is 1. The third-order valence-corrected chi connectivity index (χ3v) is 2.52. The molecule has 5 heteroatoms. The van der Waals surface area contributed by atoms with E-state index in [1.807, 2.05) is 18.5 Å². The number of rotatable bonds is 3.